The maximum atomic E-state index is 11.6. The van der Waals surface area contributed by atoms with Crippen molar-refractivity contribution in [2.24, 2.45) is 11.8 Å². The normalized spacial score (nSPS) is 18.1. The molecule has 0 saturated heterocycles. The number of cyclic esters (lactones) is 1. The summed E-state index contributed by atoms with van der Waals surface area (Å²) in [5.41, 5.74) is 6.28. The van der Waals surface area contributed by atoms with Gasteiger partial charge in [-0.15, -0.1) is 0 Å². The van der Waals surface area contributed by atoms with Crippen LogP contribution in [-0.2, 0) is 15.9 Å². The number of nitrogen functional groups attached to an aromatic ring is 1. The van der Waals surface area contributed by atoms with Crippen LogP contribution >= 0.6 is 23.2 Å². The van der Waals surface area contributed by atoms with Crippen LogP contribution in [0.4, 0.5) is 21.0 Å². The van der Waals surface area contributed by atoms with Crippen LogP contribution in [0.3, 0.4) is 0 Å². The number of nitrogens with one attached hydrogen (secondary N) is 1. The minimum Gasteiger partial charge on any atom is -0.425 e. The number of benzene rings is 4. The van der Waals surface area contributed by atoms with Crippen LogP contribution < -0.4 is 20.5 Å². The average Bonchev–Trinajstić information content (AvgIpc) is 4.02. The van der Waals surface area contributed by atoms with E-state index in [2.05, 4.69) is 29.0 Å². The number of hydrogen-bond donors (Lipinski definition) is 3. The molecule has 10 heteroatoms. The number of anilines is 2. The number of para-hydroxylation sites is 2. The predicted octanol–water partition coefficient (Wildman–Crippen LogP) is 9.34. The quantitative estimate of drug-likeness (QED) is 0.0839. The van der Waals surface area contributed by atoms with E-state index in [0.717, 1.165) is 31.2 Å². The van der Waals surface area contributed by atoms with Crippen molar-refractivity contribution in [3.8, 4) is 35.2 Å². The lowest BCUT2D eigenvalue weighted by Gasteiger charge is -2.31. The Morgan fingerprint density at radius 1 is 0.880 bits per heavy atom. The fraction of sp³-hybridized carbons (Fsp3) is 0.250. The van der Waals surface area contributed by atoms with Crippen LogP contribution in [0.5, 0.6) is 11.5 Å². The molecule has 8 nitrogen and oxygen atoms in total. The number of rotatable bonds is 3. The van der Waals surface area contributed by atoms with Crippen LogP contribution in [0.2, 0.25) is 10.0 Å². The van der Waals surface area contributed by atoms with Crippen molar-refractivity contribution in [2.75, 3.05) is 11.1 Å². The van der Waals surface area contributed by atoms with E-state index < -0.39 is 23.5 Å². The molecule has 4 aromatic rings. The summed E-state index contributed by atoms with van der Waals surface area (Å²) in [7, 11) is 0. The summed E-state index contributed by atoms with van der Waals surface area (Å²) in [6.07, 6.45) is 3.33. The van der Waals surface area contributed by atoms with E-state index in [9.17, 15) is 14.7 Å². The fourth-order valence-electron chi connectivity index (χ4n) is 4.63. The molecule has 0 spiro atoms. The standard InChI is InChI=1S/C14H12ClNO2.C13H14ClNO.C13H10O3/c1-14(7-6-9-2-3-9)11-8-10(15)4-5-12(11)16-13(17)18-14;1-13(16,7-6-9-2-3-9)11-8-10(14)4-5-12(11)15;14-13(15-11-7-3-1-4-8-11)16-12-9-5-2-6-10-12/h4-5,8-9H,2-3H2,1H3,(H,16,17);4-5,8-9,16H,2-3,15H2,1H3;1-10H/t14-;13-;/m00./s1. The van der Waals surface area contributed by atoms with E-state index in [0.29, 0.717) is 50.3 Å². The second-order valence-electron chi connectivity index (χ2n) is 12.2. The van der Waals surface area contributed by atoms with Crippen LogP contribution in [0.1, 0.15) is 50.7 Å². The molecule has 4 N–H and O–H groups in total. The first-order valence-electron chi connectivity index (χ1n) is 16.0. The van der Waals surface area contributed by atoms with Crippen molar-refractivity contribution >= 4 is 46.8 Å². The highest BCUT2D eigenvalue weighted by Gasteiger charge is 2.37. The number of amides is 1. The number of hydrogen-bond acceptors (Lipinski definition) is 7. The Hall–Kier alpha value is -5.12. The van der Waals surface area contributed by atoms with Gasteiger partial charge in [0.15, 0.2) is 5.60 Å². The third kappa shape index (κ3) is 10.7. The number of ether oxygens (including phenoxy) is 3. The maximum absolute atomic E-state index is 11.6. The van der Waals surface area contributed by atoms with Crippen molar-refractivity contribution in [1.29, 1.82) is 0 Å². The van der Waals surface area contributed by atoms with Gasteiger partial charge in [0.25, 0.3) is 0 Å². The van der Waals surface area contributed by atoms with Crippen LogP contribution in [0, 0.1) is 35.5 Å². The molecule has 0 bridgehead atoms. The van der Waals surface area contributed by atoms with E-state index in [4.69, 9.17) is 43.1 Å². The Morgan fingerprint density at radius 2 is 1.42 bits per heavy atom. The number of nitrogens with two attached hydrogens (primary N) is 1. The summed E-state index contributed by atoms with van der Waals surface area (Å²) in [6.45, 7) is 3.45. The molecular weight excluding hydrogens is 675 g/mol. The summed E-state index contributed by atoms with van der Waals surface area (Å²) in [6, 6.07) is 27.9. The topological polar surface area (TPSA) is 120 Å². The number of halogens is 2. The van der Waals surface area contributed by atoms with E-state index in [1.807, 2.05) is 12.1 Å². The summed E-state index contributed by atoms with van der Waals surface area (Å²) in [4.78, 5) is 22.9. The van der Waals surface area contributed by atoms with Gasteiger partial charge in [-0.1, -0.05) is 83.3 Å². The smallest absolute Gasteiger partial charge is 0.425 e. The first-order chi connectivity index (χ1) is 23.9. The third-order valence-corrected chi connectivity index (χ3v) is 8.12. The predicted molar refractivity (Wildman–Crippen MR) is 195 cm³/mol. The Kier molecular flexibility index (Phi) is 11.6. The van der Waals surface area contributed by atoms with Crippen molar-refractivity contribution in [1.82, 2.24) is 0 Å². The highest BCUT2D eigenvalue weighted by Crippen LogP contribution is 2.38. The molecule has 256 valence electrons. The molecule has 2 fully saturated rings. The van der Waals surface area contributed by atoms with E-state index in [1.54, 1.807) is 98.8 Å². The Labute approximate surface area is 301 Å². The fourth-order valence-corrected chi connectivity index (χ4v) is 4.98. The SMILES string of the molecule is C[C@@]1(C#CC2CC2)OC(=O)Nc2ccc(Cl)cc21.C[C@](O)(C#CC1CC1)c1cc(Cl)ccc1N.O=C(Oc1ccccc1)Oc1ccccc1. The second kappa shape index (κ2) is 16.1. The average molecular weight is 712 g/mol. The van der Waals surface area contributed by atoms with Gasteiger partial charge >= 0.3 is 12.2 Å². The van der Waals surface area contributed by atoms with E-state index >= 15 is 0 Å². The van der Waals surface area contributed by atoms with Crippen LogP contribution in [0.25, 0.3) is 0 Å². The second-order valence-corrected chi connectivity index (χ2v) is 13.1. The minimum absolute atomic E-state index is 0.451. The molecule has 7 rings (SSSR count). The number of carbonyl (C=O) groups is 2. The molecule has 2 aliphatic carbocycles. The van der Waals surface area contributed by atoms with Gasteiger partial charge in [0.1, 0.15) is 17.1 Å². The Balaban J connectivity index is 0.000000146. The summed E-state index contributed by atoms with van der Waals surface area (Å²) < 4.78 is 15.3. The molecule has 2 atom stereocenters. The van der Waals surface area contributed by atoms with Gasteiger partial charge in [0, 0.05) is 38.7 Å². The van der Waals surface area contributed by atoms with Gasteiger partial charge in [-0.2, -0.15) is 0 Å². The summed E-state index contributed by atoms with van der Waals surface area (Å²) in [5.74, 6) is 14.0. The molecule has 1 aliphatic heterocycles. The summed E-state index contributed by atoms with van der Waals surface area (Å²) >= 11 is 11.9. The number of carbonyl (C=O) groups excluding carboxylic acids is 2. The van der Waals surface area contributed by atoms with Crippen LogP contribution in [0.15, 0.2) is 97.1 Å². The number of aliphatic hydroxyl groups is 1. The minimum atomic E-state index is -1.22. The molecule has 1 amide bonds. The highest BCUT2D eigenvalue weighted by atomic mass is 35.5. The van der Waals surface area contributed by atoms with Crippen molar-refractivity contribution in [2.45, 2.75) is 50.7 Å². The Morgan fingerprint density at radius 3 is 2.00 bits per heavy atom. The zero-order valence-electron chi connectivity index (χ0n) is 27.5. The zero-order valence-corrected chi connectivity index (χ0v) is 29.1. The van der Waals surface area contributed by atoms with E-state index in [1.165, 1.54) is 0 Å². The molecule has 1 heterocycles. The molecular formula is C40H36Cl2N2O6. The lowest BCUT2D eigenvalue weighted by Crippen LogP contribution is -2.36. The molecule has 0 unspecified atom stereocenters. The molecule has 50 heavy (non-hydrogen) atoms. The van der Waals surface area contributed by atoms with Crippen LogP contribution in [-0.4, -0.2) is 17.4 Å². The summed E-state index contributed by atoms with van der Waals surface area (Å²) in [5, 5.41) is 14.1. The third-order valence-electron chi connectivity index (χ3n) is 7.65. The van der Waals surface area contributed by atoms with Crippen molar-refractivity contribution in [3.05, 3.63) is 118 Å². The lowest BCUT2D eigenvalue weighted by molar-refractivity contribution is 0.0714. The van der Waals surface area contributed by atoms with Gasteiger partial charge in [0.2, 0.25) is 0 Å². The van der Waals surface area contributed by atoms with Gasteiger partial charge in [0.05, 0.1) is 5.69 Å². The number of fused-ring (bicyclic) bond motifs is 1. The largest absolute Gasteiger partial charge is 0.519 e. The Bertz CT molecular complexity index is 1910. The van der Waals surface area contributed by atoms with Gasteiger partial charge in [-0.25, -0.2) is 9.59 Å². The van der Waals surface area contributed by atoms with Crippen molar-refractivity contribution < 1.29 is 28.9 Å². The van der Waals surface area contributed by atoms with Crippen molar-refractivity contribution in [3.63, 3.8) is 0 Å². The molecule has 2 saturated carbocycles. The lowest BCUT2D eigenvalue weighted by atomic mass is 9.93. The first-order valence-corrected chi connectivity index (χ1v) is 16.8. The molecule has 3 aliphatic rings. The van der Waals surface area contributed by atoms with E-state index in [-0.39, 0.29) is 0 Å². The molecule has 0 aromatic heterocycles. The monoisotopic (exact) mass is 710 g/mol. The van der Waals surface area contributed by atoms with Gasteiger partial charge in [-0.05, 0) is 100 Å². The van der Waals surface area contributed by atoms with Gasteiger partial charge < -0.3 is 25.1 Å². The molecule has 0 radical (unpaired) electrons. The maximum Gasteiger partial charge on any atom is 0.519 e. The highest BCUT2D eigenvalue weighted by molar-refractivity contribution is 6.31. The first kappa shape index (κ1) is 36.2. The molecule has 4 aromatic carbocycles. The van der Waals surface area contributed by atoms with Gasteiger partial charge in [-0.3, -0.25) is 5.32 Å². The zero-order chi connectivity index (χ0) is 35.7.